The van der Waals surface area contributed by atoms with Crippen molar-refractivity contribution in [3.05, 3.63) is 75.5 Å². The molecular formula is C22H20Cl2N4OS2. The molecule has 0 amide bonds. The van der Waals surface area contributed by atoms with E-state index in [2.05, 4.69) is 39.2 Å². The lowest BCUT2D eigenvalue weighted by Crippen LogP contribution is -2.12. The average Bonchev–Trinajstić information content (AvgIpc) is 3.41. The molecule has 0 fully saturated rings. The number of nitrogens with zero attached hydrogens (tertiary/aromatic N) is 4. The van der Waals surface area contributed by atoms with Crippen LogP contribution in [0.1, 0.15) is 31.5 Å². The topological polar surface area (TPSA) is 52.8 Å². The molecule has 0 aliphatic rings. The third-order valence-corrected chi connectivity index (χ3v) is 7.02. The van der Waals surface area contributed by atoms with E-state index < -0.39 is 0 Å². The van der Waals surface area contributed by atoms with Crippen LogP contribution in [0.15, 0.2) is 59.1 Å². The average molecular weight is 491 g/mol. The Kier molecular flexibility index (Phi) is 7.17. The van der Waals surface area contributed by atoms with Gasteiger partial charge in [-0.1, -0.05) is 65.3 Å². The molecule has 160 valence electrons. The van der Waals surface area contributed by atoms with E-state index in [-0.39, 0.29) is 6.10 Å². The third-order valence-electron chi connectivity index (χ3n) is 4.54. The van der Waals surface area contributed by atoms with E-state index in [4.69, 9.17) is 32.9 Å². The Morgan fingerprint density at radius 2 is 1.94 bits per heavy atom. The summed E-state index contributed by atoms with van der Waals surface area (Å²) >= 11 is 15.5. The summed E-state index contributed by atoms with van der Waals surface area (Å²) in [6, 6.07) is 15.4. The maximum atomic E-state index is 6.24. The van der Waals surface area contributed by atoms with Crippen LogP contribution in [-0.4, -0.2) is 19.7 Å². The van der Waals surface area contributed by atoms with E-state index in [1.165, 1.54) is 0 Å². The van der Waals surface area contributed by atoms with E-state index in [1.807, 2.05) is 25.1 Å². The number of hydrogen-bond donors (Lipinski definition) is 0. The van der Waals surface area contributed by atoms with Gasteiger partial charge in [0.1, 0.15) is 10.8 Å². The van der Waals surface area contributed by atoms with Crippen LogP contribution in [0.2, 0.25) is 10.0 Å². The highest BCUT2D eigenvalue weighted by Crippen LogP contribution is 2.32. The van der Waals surface area contributed by atoms with Crippen molar-refractivity contribution in [3.63, 3.8) is 0 Å². The summed E-state index contributed by atoms with van der Waals surface area (Å²) in [5, 5.41) is 13.7. The summed E-state index contributed by atoms with van der Waals surface area (Å²) in [5.41, 5.74) is 2.16. The molecule has 2 aromatic heterocycles. The summed E-state index contributed by atoms with van der Waals surface area (Å²) in [5.74, 6) is 2.04. The van der Waals surface area contributed by atoms with Gasteiger partial charge in [-0.3, -0.25) is 0 Å². The number of thiazole rings is 1. The van der Waals surface area contributed by atoms with Crippen molar-refractivity contribution in [1.82, 2.24) is 19.7 Å². The van der Waals surface area contributed by atoms with Gasteiger partial charge in [-0.15, -0.1) is 21.5 Å². The summed E-state index contributed by atoms with van der Waals surface area (Å²) in [4.78, 5) is 4.76. The number of ether oxygens (including phenoxy) is 1. The quantitative estimate of drug-likeness (QED) is 0.245. The summed E-state index contributed by atoms with van der Waals surface area (Å²) in [7, 11) is 0. The van der Waals surface area contributed by atoms with Crippen molar-refractivity contribution in [3.8, 4) is 16.3 Å². The maximum absolute atomic E-state index is 6.24. The molecule has 0 saturated carbocycles. The highest BCUT2D eigenvalue weighted by molar-refractivity contribution is 7.98. The number of thioether (sulfide) groups is 1. The van der Waals surface area contributed by atoms with Crippen LogP contribution in [0.4, 0.5) is 0 Å². The first-order valence-electron chi connectivity index (χ1n) is 9.72. The zero-order chi connectivity index (χ0) is 21.8. The standard InChI is InChI=1S/C22H20Cl2N4OS2/c1-3-28-20(14(2)29-19-10-9-16(23)11-18(19)24)26-27-22(28)31-13-17-12-30-21(25-17)15-7-5-4-6-8-15/h4-12,14H,3,13H2,1-2H3. The number of aromatic nitrogens is 4. The van der Waals surface area contributed by atoms with E-state index in [0.717, 1.165) is 39.5 Å². The molecule has 0 aliphatic heterocycles. The molecule has 2 heterocycles. The van der Waals surface area contributed by atoms with E-state index >= 15 is 0 Å². The molecule has 0 radical (unpaired) electrons. The van der Waals surface area contributed by atoms with Gasteiger partial charge < -0.3 is 9.30 Å². The van der Waals surface area contributed by atoms with Crippen molar-refractivity contribution >= 4 is 46.3 Å². The lowest BCUT2D eigenvalue weighted by Gasteiger charge is -2.16. The van der Waals surface area contributed by atoms with E-state index in [9.17, 15) is 0 Å². The number of benzene rings is 2. The van der Waals surface area contributed by atoms with E-state index in [1.54, 1.807) is 41.3 Å². The molecule has 4 rings (SSSR count). The zero-order valence-electron chi connectivity index (χ0n) is 17.0. The van der Waals surface area contributed by atoms with Gasteiger partial charge in [-0.05, 0) is 32.0 Å². The molecule has 0 bridgehead atoms. The zero-order valence-corrected chi connectivity index (χ0v) is 20.1. The molecule has 0 spiro atoms. The van der Waals surface area contributed by atoms with Crippen molar-refractivity contribution in [2.75, 3.05) is 0 Å². The van der Waals surface area contributed by atoms with Gasteiger partial charge in [0.05, 0.1) is 10.7 Å². The molecule has 9 heteroatoms. The fraction of sp³-hybridized carbons (Fsp3) is 0.227. The van der Waals surface area contributed by atoms with Crippen molar-refractivity contribution in [2.45, 2.75) is 37.4 Å². The molecule has 2 aromatic carbocycles. The highest BCUT2D eigenvalue weighted by atomic mass is 35.5. The second-order valence-electron chi connectivity index (χ2n) is 6.72. The molecule has 1 atom stereocenters. The SMILES string of the molecule is CCn1c(SCc2csc(-c3ccccc3)n2)nnc1C(C)Oc1ccc(Cl)cc1Cl. The largest absolute Gasteiger partial charge is 0.481 e. The Bertz CT molecular complexity index is 1160. The van der Waals surface area contributed by atoms with Crippen LogP contribution in [0.5, 0.6) is 5.75 Å². The molecule has 5 nitrogen and oxygen atoms in total. The second kappa shape index (κ2) is 10.0. The first-order valence-corrected chi connectivity index (χ1v) is 12.3. The predicted octanol–water partition coefficient (Wildman–Crippen LogP) is 7.16. The minimum atomic E-state index is -0.315. The fourth-order valence-electron chi connectivity index (χ4n) is 3.04. The Morgan fingerprint density at radius 1 is 1.13 bits per heavy atom. The number of hydrogen-bond acceptors (Lipinski definition) is 6. The predicted molar refractivity (Wildman–Crippen MR) is 128 cm³/mol. The van der Waals surface area contributed by atoms with Crippen LogP contribution in [0.3, 0.4) is 0 Å². The lowest BCUT2D eigenvalue weighted by molar-refractivity contribution is 0.210. The fourth-order valence-corrected chi connectivity index (χ4v) is 5.33. The third kappa shape index (κ3) is 5.23. The normalized spacial score (nSPS) is 12.1. The maximum Gasteiger partial charge on any atom is 0.191 e. The van der Waals surface area contributed by atoms with Gasteiger partial charge >= 0.3 is 0 Å². The van der Waals surface area contributed by atoms with Crippen LogP contribution in [0.25, 0.3) is 10.6 Å². The van der Waals surface area contributed by atoms with Gasteiger partial charge in [0.2, 0.25) is 0 Å². The molecule has 0 N–H and O–H groups in total. The minimum absolute atomic E-state index is 0.315. The molecule has 0 aliphatic carbocycles. The monoisotopic (exact) mass is 490 g/mol. The summed E-state index contributed by atoms with van der Waals surface area (Å²) in [6.07, 6.45) is -0.315. The van der Waals surface area contributed by atoms with Crippen LogP contribution in [-0.2, 0) is 12.3 Å². The molecule has 31 heavy (non-hydrogen) atoms. The Morgan fingerprint density at radius 3 is 2.68 bits per heavy atom. The molecule has 1 unspecified atom stereocenters. The summed E-state index contributed by atoms with van der Waals surface area (Å²) < 4.78 is 8.08. The van der Waals surface area contributed by atoms with Crippen LogP contribution >= 0.6 is 46.3 Å². The van der Waals surface area contributed by atoms with Crippen molar-refractivity contribution in [2.24, 2.45) is 0 Å². The highest BCUT2D eigenvalue weighted by Gasteiger charge is 2.20. The number of rotatable bonds is 8. The van der Waals surface area contributed by atoms with Crippen LogP contribution in [0, 0.1) is 0 Å². The Labute approximate surface area is 199 Å². The van der Waals surface area contributed by atoms with Gasteiger partial charge in [-0.2, -0.15) is 0 Å². The Balaban J connectivity index is 1.45. The molecule has 0 saturated heterocycles. The van der Waals surface area contributed by atoms with Gasteiger partial charge in [0.15, 0.2) is 17.1 Å². The second-order valence-corrected chi connectivity index (χ2v) is 9.36. The smallest absolute Gasteiger partial charge is 0.191 e. The first-order chi connectivity index (χ1) is 15.0. The number of halogens is 2. The Hall–Kier alpha value is -2.06. The van der Waals surface area contributed by atoms with E-state index in [0.29, 0.717) is 15.8 Å². The first kappa shape index (κ1) is 22.1. The van der Waals surface area contributed by atoms with Crippen molar-refractivity contribution < 1.29 is 4.74 Å². The van der Waals surface area contributed by atoms with Crippen molar-refractivity contribution in [1.29, 1.82) is 0 Å². The van der Waals surface area contributed by atoms with Gasteiger partial charge in [-0.25, -0.2) is 4.98 Å². The minimum Gasteiger partial charge on any atom is -0.481 e. The summed E-state index contributed by atoms with van der Waals surface area (Å²) in [6.45, 7) is 4.73. The van der Waals surface area contributed by atoms with Crippen LogP contribution < -0.4 is 4.74 Å². The molecule has 4 aromatic rings. The molecular weight excluding hydrogens is 471 g/mol. The lowest BCUT2D eigenvalue weighted by atomic mass is 10.2. The van der Waals surface area contributed by atoms with Gasteiger partial charge in [0.25, 0.3) is 0 Å². The van der Waals surface area contributed by atoms with Gasteiger partial charge in [0, 0.05) is 28.3 Å².